The molecule has 1 fully saturated rings. The van der Waals surface area contributed by atoms with Crippen LogP contribution in [0.4, 0.5) is 17.1 Å². The molecule has 0 unspecified atom stereocenters. The van der Waals surface area contributed by atoms with Crippen LogP contribution in [0.3, 0.4) is 0 Å². The number of nitrogens with zero attached hydrogens (tertiary/aromatic N) is 1. The lowest BCUT2D eigenvalue weighted by Gasteiger charge is -2.36. The van der Waals surface area contributed by atoms with Crippen molar-refractivity contribution in [2.75, 3.05) is 22.5 Å². The van der Waals surface area contributed by atoms with E-state index >= 15 is 0 Å². The number of hydrogen-bond acceptors (Lipinski definition) is 3. The van der Waals surface area contributed by atoms with E-state index in [-0.39, 0.29) is 5.91 Å². The quantitative estimate of drug-likeness (QED) is 0.803. The predicted molar refractivity (Wildman–Crippen MR) is 101 cm³/mol. The molecule has 0 spiro atoms. The minimum absolute atomic E-state index is 0.225. The van der Waals surface area contributed by atoms with Crippen LogP contribution in [-0.2, 0) is 0 Å². The molecule has 1 atom stereocenters. The van der Waals surface area contributed by atoms with Crippen molar-refractivity contribution in [1.29, 1.82) is 0 Å². The van der Waals surface area contributed by atoms with Gasteiger partial charge in [0.05, 0.1) is 22.0 Å². The van der Waals surface area contributed by atoms with Gasteiger partial charge in [-0.25, -0.2) is 0 Å². The van der Waals surface area contributed by atoms with Crippen LogP contribution in [0.2, 0.25) is 5.02 Å². The van der Waals surface area contributed by atoms with E-state index < -0.39 is 0 Å². The average Bonchev–Trinajstić information content (AvgIpc) is 2.56. The highest BCUT2D eigenvalue weighted by atomic mass is 35.5. The molecule has 1 amide bonds. The first-order valence-electron chi connectivity index (χ1n) is 8.28. The predicted octanol–water partition coefficient (Wildman–Crippen LogP) is 4.55. The van der Waals surface area contributed by atoms with E-state index in [9.17, 15) is 4.79 Å². The van der Waals surface area contributed by atoms with Crippen molar-refractivity contribution in [3.63, 3.8) is 0 Å². The molecule has 5 heteroatoms. The Morgan fingerprint density at radius 3 is 2.79 bits per heavy atom. The van der Waals surface area contributed by atoms with E-state index in [1.807, 2.05) is 18.2 Å². The van der Waals surface area contributed by atoms with Crippen molar-refractivity contribution in [3.05, 3.63) is 53.1 Å². The van der Waals surface area contributed by atoms with Gasteiger partial charge < -0.3 is 16.0 Å². The Balaban J connectivity index is 1.91. The first-order chi connectivity index (χ1) is 11.6. The molecule has 1 heterocycles. The van der Waals surface area contributed by atoms with E-state index in [1.165, 1.54) is 6.42 Å². The van der Waals surface area contributed by atoms with Crippen molar-refractivity contribution in [2.24, 2.45) is 0 Å². The zero-order valence-electron chi connectivity index (χ0n) is 13.8. The van der Waals surface area contributed by atoms with Crippen LogP contribution in [0.25, 0.3) is 0 Å². The molecule has 24 heavy (non-hydrogen) atoms. The largest absolute Gasteiger partial charge is 0.399 e. The highest BCUT2D eigenvalue weighted by Gasteiger charge is 2.22. The SMILES string of the molecule is C[C@@H]1CCCCN1c1ccc(N)cc1NC(=O)c1ccccc1Cl. The highest BCUT2D eigenvalue weighted by molar-refractivity contribution is 6.34. The Hall–Kier alpha value is -2.20. The van der Waals surface area contributed by atoms with Gasteiger partial charge in [-0.3, -0.25) is 4.79 Å². The minimum atomic E-state index is -0.225. The molecule has 1 saturated heterocycles. The van der Waals surface area contributed by atoms with Gasteiger partial charge in [0, 0.05) is 18.3 Å². The van der Waals surface area contributed by atoms with Crippen LogP contribution in [0.5, 0.6) is 0 Å². The lowest BCUT2D eigenvalue weighted by atomic mass is 10.0. The first-order valence-corrected chi connectivity index (χ1v) is 8.66. The molecular weight excluding hydrogens is 322 g/mol. The molecule has 1 aliphatic rings. The topological polar surface area (TPSA) is 58.4 Å². The van der Waals surface area contributed by atoms with E-state index in [2.05, 4.69) is 17.1 Å². The number of carbonyl (C=O) groups excluding carboxylic acids is 1. The zero-order valence-corrected chi connectivity index (χ0v) is 14.5. The third-order valence-electron chi connectivity index (χ3n) is 4.50. The Bertz CT molecular complexity index is 747. The molecule has 3 rings (SSSR count). The Morgan fingerprint density at radius 2 is 2.04 bits per heavy atom. The number of nitrogens with two attached hydrogens (primary N) is 1. The van der Waals surface area contributed by atoms with Gasteiger partial charge in [-0.15, -0.1) is 0 Å². The maximum absolute atomic E-state index is 12.6. The van der Waals surface area contributed by atoms with Crippen LogP contribution in [0, 0.1) is 0 Å². The molecular formula is C19H22ClN3O. The summed E-state index contributed by atoms with van der Waals surface area (Å²) in [6.07, 6.45) is 3.56. The van der Waals surface area contributed by atoms with Crippen LogP contribution in [0.1, 0.15) is 36.5 Å². The molecule has 0 bridgehead atoms. The van der Waals surface area contributed by atoms with Crippen molar-refractivity contribution >= 4 is 34.6 Å². The summed E-state index contributed by atoms with van der Waals surface area (Å²) in [6, 6.07) is 13.1. The van der Waals surface area contributed by atoms with Crippen molar-refractivity contribution in [3.8, 4) is 0 Å². The monoisotopic (exact) mass is 343 g/mol. The number of anilines is 3. The Morgan fingerprint density at radius 1 is 1.25 bits per heavy atom. The molecule has 4 nitrogen and oxygen atoms in total. The fourth-order valence-electron chi connectivity index (χ4n) is 3.20. The van der Waals surface area contributed by atoms with Gasteiger partial charge in [0.15, 0.2) is 0 Å². The molecule has 0 aliphatic carbocycles. The van der Waals surface area contributed by atoms with Gasteiger partial charge in [0.25, 0.3) is 5.91 Å². The van der Waals surface area contributed by atoms with Gasteiger partial charge in [0.2, 0.25) is 0 Å². The second kappa shape index (κ2) is 7.14. The van der Waals surface area contributed by atoms with Gasteiger partial charge in [-0.05, 0) is 56.5 Å². The number of carbonyl (C=O) groups is 1. The van der Waals surface area contributed by atoms with Gasteiger partial charge >= 0.3 is 0 Å². The highest BCUT2D eigenvalue weighted by Crippen LogP contribution is 2.33. The Kier molecular flexibility index (Phi) is 4.95. The lowest BCUT2D eigenvalue weighted by molar-refractivity contribution is 0.102. The van der Waals surface area contributed by atoms with Gasteiger partial charge in [0.1, 0.15) is 0 Å². The summed E-state index contributed by atoms with van der Waals surface area (Å²) in [5.74, 6) is -0.225. The fraction of sp³-hybridized carbons (Fsp3) is 0.316. The number of halogens is 1. The number of nitrogen functional groups attached to an aromatic ring is 1. The number of benzene rings is 2. The van der Waals surface area contributed by atoms with Gasteiger partial charge in [-0.1, -0.05) is 23.7 Å². The maximum atomic E-state index is 12.6. The first kappa shape index (κ1) is 16.7. The summed E-state index contributed by atoms with van der Waals surface area (Å²) < 4.78 is 0. The summed E-state index contributed by atoms with van der Waals surface area (Å²) in [5, 5.41) is 3.42. The summed E-state index contributed by atoms with van der Waals surface area (Å²) in [4.78, 5) is 14.9. The van der Waals surface area contributed by atoms with Crippen molar-refractivity contribution in [1.82, 2.24) is 0 Å². The smallest absolute Gasteiger partial charge is 0.257 e. The van der Waals surface area contributed by atoms with Crippen LogP contribution < -0.4 is 16.0 Å². The molecule has 1 aliphatic heterocycles. The molecule has 2 aromatic carbocycles. The molecule has 0 radical (unpaired) electrons. The van der Waals surface area contributed by atoms with Crippen molar-refractivity contribution in [2.45, 2.75) is 32.2 Å². The summed E-state index contributed by atoms with van der Waals surface area (Å²) in [6.45, 7) is 3.20. The molecule has 0 saturated carbocycles. The number of rotatable bonds is 3. The molecule has 3 N–H and O–H groups in total. The number of hydrogen-bond donors (Lipinski definition) is 2. The van der Waals surface area contributed by atoms with E-state index in [0.29, 0.717) is 22.3 Å². The number of nitrogens with one attached hydrogen (secondary N) is 1. The second-order valence-electron chi connectivity index (χ2n) is 6.25. The number of amides is 1. The summed E-state index contributed by atoms with van der Waals surface area (Å²) in [5.41, 5.74) is 8.76. The van der Waals surface area contributed by atoms with Crippen LogP contribution in [-0.4, -0.2) is 18.5 Å². The minimum Gasteiger partial charge on any atom is -0.399 e. The fourth-order valence-corrected chi connectivity index (χ4v) is 3.42. The number of piperidine rings is 1. The second-order valence-corrected chi connectivity index (χ2v) is 6.66. The van der Waals surface area contributed by atoms with Crippen molar-refractivity contribution < 1.29 is 4.79 Å². The van der Waals surface area contributed by atoms with Crippen LogP contribution >= 0.6 is 11.6 Å². The summed E-state index contributed by atoms with van der Waals surface area (Å²) >= 11 is 6.13. The third kappa shape index (κ3) is 3.49. The van der Waals surface area contributed by atoms with E-state index in [4.69, 9.17) is 17.3 Å². The third-order valence-corrected chi connectivity index (χ3v) is 4.83. The van der Waals surface area contributed by atoms with Crippen LogP contribution in [0.15, 0.2) is 42.5 Å². The molecule has 126 valence electrons. The zero-order chi connectivity index (χ0) is 17.1. The van der Waals surface area contributed by atoms with E-state index in [0.717, 1.165) is 30.8 Å². The molecule has 0 aromatic heterocycles. The summed E-state index contributed by atoms with van der Waals surface area (Å²) in [7, 11) is 0. The molecule has 2 aromatic rings. The lowest BCUT2D eigenvalue weighted by Crippen LogP contribution is -2.38. The average molecular weight is 344 g/mol. The maximum Gasteiger partial charge on any atom is 0.257 e. The normalized spacial score (nSPS) is 17.6. The Labute approximate surface area is 147 Å². The van der Waals surface area contributed by atoms with Gasteiger partial charge in [-0.2, -0.15) is 0 Å². The van der Waals surface area contributed by atoms with E-state index in [1.54, 1.807) is 24.3 Å². The standard InChI is InChI=1S/C19H22ClN3O/c1-13-6-4-5-11-23(13)18-10-9-14(21)12-17(18)22-19(24)15-7-2-3-8-16(15)20/h2-3,7-10,12-13H,4-6,11,21H2,1H3,(H,22,24)/t13-/m1/s1.